The highest BCUT2D eigenvalue weighted by Gasteiger charge is 2.15. The van der Waals surface area contributed by atoms with Crippen molar-refractivity contribution in [1.82, 2.24) is 10.2 Å². The molecule has 0 bridgehead atoms. The first kappa shape index (κ1) is 14.4. The fourth-order valence-corrected chi connectivity index (χ4v) is 2.05. The highest BCUT2D eigenvalue weighted by molar-refractivity contribution is 8.02. The van der Waals surface area contributed by atoms with Crippen molar-refractivity contribution >= 4 is 17.8 Å². The van der Waals surface area contributed by atoms with Gasteiger partial charge in [0.2, 0.25) is 0 Å². The number of hydrogen-bond acceptors (Lipinski definition) is 2. The highest BCUT2D eigenvalue weighted by Crippen LogP contribution is 2.23. The lowest BCUT2D eigenvalue weighted by Crippen LogP contribution is -2.11. The first-order valence-corrected chi connectivity index (χ1v) is 7.07. The van der Waals surface area contributed by atoms with Crippen LogP contribution in [0.25, 0.3) is 6.08 Å². The molecule has 96 valence electrons. The van der Waals surface area contributed by atoms with Crippen LogP contribution in [0.15, 0.2) is 11.5 Å². The number of H-pyrrole nitrogens is 1. The molecule has 0 spiro atoms. The Morgan fingerprint density at radius 2 is 1.88 bits per heavy atom. The number of aromatic nitrogens is 2. The zero-order valence-electron chi connectivity index (χ0n) is 11.8. The molecule has 1 rings (SSSR count). The predicted molar refractivity (Wildman–Crippen MR) is 78.2 cm³/mol. The van der Waals surface area contributed by atoms with E-state index >= 15 is 0 Å². The largest absolute Gasteiger partial charge is 0.281 e. The summed E-state index contributed by atoms with van der Waals surface area (Å²) in [5, 5.41) is 9.52. The summed E-state index contributed by atoms with van der Waals surface area (Å²) >= 11 is 1.84. The van der Waals surface area contributed by atoms with E-state index in [1.807, 2.05) is 11.8 Å². The van der Waals surface area contributed by atoms with Crippen LogP contribution in [0.4, 0.5) is 0 Å². The van der Waals surface area contributed by atoms with Crippen LogP contribution >= 0.6 is 11.8 Å². The van der Waals surface area contributed by atoms with Crippen LogP contribution in [0.2, 0.25) is 0 Å². The number of aromatic amines is 1. The number of thioether (sulfide) groups is 1. The molecule has 17 heavy (non-hydrogen) atoms. The molecule has 0 amide bonds. The van der Waals surface area contributed by atoms with E-state index in [4.69, 9.17) is 0 Å². The third-order valence-electron chi connectivity index (χ3n) is 2.26. The molecule has 0 aliphatic heterocycles. The Hall–Kier alpha value is -0.700. The predicted octanol–water partition coefficient (Wildman–Crippen LogP) is 4.46. The maximum Gasteiger partial charge on any atom is 0.0856 e. The average Bonchev–Trinajstić information content (AvgIpc) is 2.58. The number of nitrogens with one attached hydrogen (secondary N) is 1. The van der Waals surface area contributed by atoms with Gasteiger partial charge in [0.05, 0.1) is 5.69 Å². The third kappa shape index (κ3) is 5.44. The van der Waals surface area contributed by atoms with Crippen molar-refractivity contribution < 1.29 is 0 Å². The van der Waals surface area contributed by atoms with Crippen molar-refractivity contribution in [2.45, 2.75) is 47.0 Å². The van der Waals surface area contributed by atoms with E-state index in [9.17, 15) is 0 Å². The molecule has 0 aliphatic rings. The molecule has 0 fully saturated rings. The highest BCUT2D eigenvalue weighted by atomic mass is 32.2. The number of hydrogen-bond donors (Lipinski definition) is 1. The first-order valence-electron chi connectivity index (χ1n) is 6.02. The standard InChI is InChI=1S/C14H24N2S/c1-13(2,3)10-17-8-7-11-9-12(16-15-11)14(4,5)6/h7-9H,10H2,1-6H3,(H,15,16). The first-order chi connectivity index (χ1) is 7.68. The molecule has 1 aromatic heterocycles. The second-order valence-electron chi connectivity index (χ2n) is 6.63. The van der Waals surface area contributed by atoms with Gasteiger partial charge in [-0.1, -0.05) is 41.5 Å². The molecule has 0 saturated carbocycles. The summed E-state index contributed by atoms with van der Waals surface area (Å²) in [5.74, 6) is 1.13. The molecule has 1 aromatic rings. The number of rotatable bonds is 3. The SMILES string of the molecule is CC(C)(C)CSC=Cc1cc(C(C)(C)C)[nH]n1. The van der Waals surface area contributed by atoms with Crippen LogP contribution in [-0.4, -0.2) is 16.0 Å². The van der Waals surface area contributed by atoms with Gasteiger partial charge in [0.15, 0.2) is 0 Å². The van der Waals surface area contributed by atoms with Crippen LogP contribution in [-0.2, 0) is 5.41 Å². The van der Waals surface area contributed by atoms with Crippen molar-refractivity contribution in [3.63, 3.8) is 0 Å². The molecule has 0 atom stereocenters. The lowest BCUT2D eigenvalue weighted by Gasteiger charge is -2.15. The van der Waals surface area contributed by atoms with E-state index in [1.165, 1.54) is 5.69 Å². The summed E-state index contributed by atoms with van der Waals surface area (Å²) in [7, 11) is 0. The van der Waals surface area contributed by atoms with Gasteiger partial charge in [0.1, 0.15) is 0 Å². The molecule has 1 N–H and O–H groups in total. The fourth-order valence-electron chi connectivity index (χ4n) is 1.22. The van der Waals surface area contributed by atoms with Crippen molar-refractivity contribution in [1.29, 1.82) is 0 Å². The second kappa shape index (κ2) is 5.30. The minimum absolute atomic E-state index is 0.137. The monoisotopic (exact) mass is 252 g/mol. The maximum atomic E-state index is 4.29. The Morgan fingerprint density at radius 3 is 2.35 bits per heavy atom. The molecule has 0 saturated heterocycles. The van der Waals surface area contributed by atoms with Gasteiger partial charge in [-0.2, -0.15) is 5.10 Å². The Balaban J connectivity index is 2.53. The molecule has 2 nitrogen and oxygen atoms in total. The van der Waals surface area contributed by atoms with E-state index in [0.717, 1.165) is 11.4 Å². The van der Waals surface area contributed by atoms with E-state index in [1.54, 1.807) is 0 Å². The summed E-state index contributed by atoms with van der Waals surface area (Å²) in [4.78, 5) is 0. The van der Waals surface area contributed by atoms with Crippen LogP contribution in [0.5, 0.6) is 0 Å². The van der Waals surface area contributed by atoms with Gasteiger partial charge >= 0.3 is 0 Å². The van der Waals surface area contributed by atoms with E-state index in [-0.39, 0.29) is 5.41 Å². The van der Waals surface area contributed by atoms with Gasteiger partial charge in [0, 0.05) is 16.9 Å². The average molecular weight is 252 g/mol. The van der Waals surface area contributed by atoms with Gasteiger partial charge in [-0.05, 0) is 23.0 Å². The van der Waals surface area contributed by atoms with Gasteiger partial charge in [-0.15, -0.1) is 11.8 Å². The lowest BCUT2D eigenvalue weighted by atomic mass is 9.92. The number of nitrogens with zero attached hydrogens (tertiary/aromatic N) is 1. The smallest absolute Gasteiger partial charge is 0.0856 e. The molecule has 0 aliphatic carbocycles. The van der Waals surface area contributed by atoms with Crippen LogP contribution < -0.4 is 0 Å². The Labute approximate surface area is 109 Å². The molecular formula is C14H24N2S. The topological polar surface area (TPSA) is 28.7 Å². The maximum absolute atomic E-state index is 4.29. The summed E-state index contributed by atoms with van der Waals surface area (Å²) in [6, 6.07) is 2.12. The van der Waals surface area contributed by atoms with Crippen LogP contribution in [0.1, 0.15) is 52.9 Å². The summed E-state index contributed by atoms with van der Waals surface area (Å²) in [5.41, 5.74) is 2.70. The summed E-state index contributed by atoms with van der Waals surface area (Å²) in [6.07, 6.45) is 2.07. The lowest BCUT2D eigenvalue weighted by molar-refractivity contribution is 0.481. The van der Waals surface area contributed by atoms with E-state index in [0.29, 0.717) is 5.41 Å². The van der Waals surface area contributed by atoms with Crippen molar-refractivity contribution in [2.24, 2.45) is 5.41 Å². The van der Waals surface area contributed by atoms with E-state index in [2.05, 4.69) is 69.3 Å². The van der Waals surface area contributed by atoms with Crippen LogP contribution in [0, 0.1) is 5.41 Å². The zero-order chi connectivity index (χ0) is 13.1. The quantitative estimate of drug-likeness (QED) is 0.860. The molecule has 3 heteroatoms. The van der Waals surface area contributed by atoms with Crippen molar-refractivity contribution in [3.05, 3.63) is 22.9 Å². The van der Waals surface area contributed by atoms with Crippen LogP contribution in [0.3, 0.4) is 0 Å². The Bertz CT molecular complexity index is 378. The second-order valence-corrected chi connectivity index (χ2v) is 7.53. The Kier molecular flexibility index (Phi) is 4.48. The van der Waals surface area contributed by atoms with Gasteiger partial charge in [-0.3, -0.25) is 5.10 Å². The minimum atomic E-state index is 0.137. The zero-order valence-corrected chi connectivity index (χ0v) is 12.6. The van der Waals surface area contributed by atoms with Gasteiger partial charge < -0.3 is 0 Å². The summed E-state index contributed by atoms with van der Waals surface area (Å²) < 4.78 is 0. The molecule has 1 heterocycles. The normalized spacial score (nSPS) is 13.5. The molecule has 0 radical (unpaired) electrons. The third-order valence-corrected chi connectivity index (χ3v) is 3.62. The molecule has 0 unspecified atom stereocenters. The fraction of sp³-hybridized carbons (Fsp3) is 0.643. The van der Waals surface area contributed by atoms with Gasteiger partial charge in [0.25, 0.3) is 0 Å². The molecular weight excluding hydrogens is 228 g/mol. The molecule has 0 aromatic carbocycles. The minimum Gasteiger partial charge on any atom is -0.281 e. The van der Waals surface area contributed by atoms with E-state index < -0.39 is 0 Å². The van der Waals surface area contributed by atoms with Crippen molar-refractivity contribution in [2.75, 3.05) is 5.75 Å². The van der Waals surface area contributed by atoms with Crippen molar-refractivity contribution in [3.8, 4) is 0 Å². The van der Waals surface area contributed by atoms with Gasteiger partial charge in [-0.25, -0.2) is 0 Å². The summed E-state index contributed by atoms with van der Waals surface area (Å²) in [6.45, 7) is 13.3. The Morgan fingerprint density at radius 1 is 1.24 bits per heavy atom.